The maximum Gasteiger partial charge on any atom is 0.213 e. The molecule has 0 spiro atoms. The van der Waals surface area contributed by atoms with Gasteiger partial charge in [0.05, 0.1) is 11.9 Å². The quantitative estimate of drug-likeness (QED) is 0.815. The van der Waals surface area contributed by atoms with Crippen LogP contribution in [0.3, 0.4) is 0 Å². The number of anilines is 1. The summed E-state index contributed by atoms with van der Waals surface area (Å²) in [5.41, 5.74) is 0. The summed E-state index contributed by atoms with van der Waals surface area (Å²) >= 11 is 0. The van der Waals surface area contributed by atoms with Crippen molar-refractivity contribution in [1.29, 1.82) is 0 Å². The van der Waals surface area contributed by atoms with E-state index in [4.69, 9.17) is 0 Å². The highest BCUT2D eigenvalue weighted by molar-refractivity contribution is 7.89. The fourth-order valence-electron chi connectivity index (χ4n) is 3.18. The second-order valence-electron chi connectivity index (χ2n) is 6.13. The molecule has 8 heteroatoms. The van der Waals surface area contributed by atoms with E-state index in [1.54, 1.807) is 11.2 Å². The van der Waals surface area contributed by atoms with Gasteiger partial charge < -0.3 is 10.6 Å². The van der Waals surface area contributed by atoms with Gasteiger partial charge in [0.2, 0.25) is 10.0 Å². The molecule has 1 fully saturated rings. The number of aromatic nitrogens is 2. The summed E-state index contributed by atoms with van der Waals surface area (Å²) in [6.07, 6.45) is 3.61. The van der Waals surface area contributed by atoms with Gasteiger partial charge >= 0.3 is 0 Å². The van der Waals surface area contributed by atoms with Crippen molar-refractivity contribution in [2.75, 3.05) is 37.2 Å². The number of piperidine rings is 1. The number of hydrogen-bond acceptors (Lipinski definition) is 5. The van der Waals surface area contributed by atoms with Gasteiger partial charge in [-0.15, -0.1) is 0 Å². The van der Waals surface area contributed by atoms with Crippen molar-refractivity contribution in [3.63, 3.8) is 0 Å². The molecule has 0 aliphatic carbocycles. The van der Waals surface area contributed by atoms with E-state index in [9.17, 15) is 8.42 Å². The standard InChI is InChI=1S/C14H25N5O2S/c1-2-22(20,21)18-7-4-13(5-8-18)15-9-12-10-16-14-3-6-17-19(14)11-12/h3,6,12-13,15-16H,2,4-5,7-11H2,1H3/t12-/m0/s1. The molecule has 3 heterocycles. The van der Waals surface area contributed by atoms with Gasteiger partial charge in [-0.3, -0.25) is 0 Å². The summed E-state index contributed by atoms with van der Waals surface area (Å²) in [7, 11) is -3.02. The van der Waals surface area contributed by atoms with Gasteiger partial charge in [0.15, 0.2) is 0 Å². The van der Waals surface area contributed by atoms with Gasteiger partial charge in [0, 0.05) is 50.7 Å². The number of nitrogens with one attached hydrogen (secondary N) is 2. The minimum atomic E-state index is -3.02. The van der Waals surface area contributed by atoms with Crippen LogP contribution in [0.1, 0.15) is 19.8 Å². The summed E-state index contributed by atoms with van der Waals surface area (Å²) in [5, 5.41) is 11.3. The molecule has 124 valence electrons. The highest BCUT2D eigenvalue weighted by Crippen LogP contribution is 2.18. The maximum absolute atomic E-state index is 11.8. The molecule has 0 bridgehead atoms. The molecule has 0 radical (unpaired) electrons. The van der Waals surface area contributed by atoms with Gasteiger partial charge in [-0.1, -0.05) is 0 Å². The Kier molecular flexibility index (Phi) is 4.70. The zero-order valence-electron chi connectivity index (χ0n) is 13.0. The third-order valence-corrected chi connectivity index (χ3v) is 6.51. The number of hydrogen-bond donors (Lipinski definition) is 2. The summed E-state index contributed by atoms with van der Waals surface area (Å²) in [6.45, 7) is 5.82. The van der Waals surface area contributed by atoms with Crippen LogP contribution in [0.5, 0.6) is 0 Å². The molecule has 2 N–H and O–H groups in total. The van der Waals surface area contributed by atoms with Gasteiger partial charge in [-0.2, -0.15) is 5.10 Å². The first-order valence-corrected chi connectivity index (χ1v) is 9.66. The number of sulfonamides is 1. The molecule has 1 atom stereocenters. The predicted octanol–water partition coefficient (Wildman–Crippen LogP) is 0.329. The average molecular weight is 327 g/mol. The van der Waals surface area contributed by atoms with Crippen molar-refractivity contribution < 1.29 is 8.42 Å². The van der Waals surface area contributed by atoms with Crippen LogP contribution < -0.4 is 10.6 Å². The first-order chi connectivity index (χ1) is 10.6. The third kappa shape index (κ3) is 3.44. The molecular weight excluding hydrogens is 302 g/mol. The Morgan fingerprint density at radius 1 is 1.41 bits per heavy atom. The van der Waals surface area contributed by atoms with E-state index in [0.717, 1.165) is 38.3 Å². The topological polar surface area (TPSA) is 79.3 Å². The highest BCUT2D eigenvalue weighted by Gasteiger charge is 2.27. The van der Waals surface area contributed by atoms with Crippen LogP contribution in [0.2, 0.25) is 0 Å². The fourth-order valence-corrected chi connectivity index (χ4v) is 4.31. The molecule has 0 saturated carbocycles. The van der Waals surface area contributed by atoms with E-state index in [0.29, 0.717) is 25.0 Å². The van der Waals surface area contributed by atoms with E-state index >= 15 is 0 Å². The van der Waals surface area contributed by atoms with Crippen molar-refractivity contribution in [2.24, 2.45) is 5.92 Å². The Bertz CT molecular complexity index is 592. The Balaban J connectivity index is 1.43. The van der Waals surface area contributed by atoms with E-state index in [2.05, 4.69) is 15.7 Å². The molecular formula is C14H25N5O2S. The van der Waals surface area contributed by atoms with Crippen LogP contribution >= 0.6 is 0 Å². The molecule has 0 amide bonds. The summed E-state index contributed by atoms with van der Waals surface area (Å²) < 4.78 is 27.3. The van der Waals surface area contributed by atoms with Gasteiger partial charge in [-0.25, -0.2) is 17.4 Å². The molecule has 0 aromatic carbocycles. The van der Waals surface area contributed by atoms with Gasteiger partial charge in [0.25, 0.3) is 0 Å². The van der Waals surface area contributed by atoms with Crippen molar-refractivity contribution in [1.82, 2.24) is 19.4 Å². The number of fused-ring (bicyclic) bond motifs is 1. The van der Waals surface area contributed by atoms with E-state index in [-0.39, 0.29) is 5.75 Å². The van der Waals surface area contributed by atoms with Crippen molar-refractivity contribution in [3.05, 3.63) is 12.3 Å². The third-order valence-electron chi connectivity index (χ3n) is 4.63. The van der Waals surface area contributed by atoms with E-state index < -0.39 is 10.0 Å². The van der Waals surface area contributed by atoms with E-state index in [1.807, 2.05) is 16.9 Å². The molecule has 2 aliphatic heterocycles. The molecule has 3 rings (SSSR count). The van der Waals surface area contributed by atoms with E-state index in [1.165, 1.54) is 0 Å². The second kappa shape index (κ2) is 6.55. The predicted molar refractivity (Wildman–Crippen MR) is 86.3 cm³/mol. The Morgan fingerprint density at radius 2 is 2.18 bits per heavy atom. The Morgan fingerprint density at radius 3 is 2.91 bits per heavy atom. The maximum atomic E-state index is 11.8. The van der Waals surface area contributed by atoms with Crippen LogP contribution in [0.15, 0.2) is 12.3 Å². The summed E-state index contributed by atoms with van der Waals surface area (Å²) in [6, 6.07) is 2.41. The molecule has 7 nitrogen and oxygen atoms in total. The highest BCUT2D eigenvalue weighted by atomic mass is 32.2. The van der Waals surface area contributed by atoms with Crippen molar-refractivity contribution in [2.45, 2.75) is 32.4 Å². The summed E-state index contributed by atoms with van der Waals surface area (Å²) in [4.78, 5) is 0. The Labute approximate surface area is 132 Å². The zero-order valence-corrected chi connectivity index (χ0v) is 13.8. The molecule has 22 heavy (non-hydrogen) atoms. The lowest BCUT2D eigenvalue weighted by atomic mass is 10.0. The van der Waals surface area contributed by atoms with Gasteiger partial charge in [-0.05, 0) is 19.8 Å². The van der Waals surface area contributed by atoms with Crippen molar-refractivity contribution >= 4 is 15.8 Å². The molecule has 2 aliphatic rings. The smallest absolute Gasteiger partial charge is 0.213 e. The SMILES string of the molecule is CCS(=O)(=O)N1CCC(NC[C@H]2CNc3ccnn3C2)CC1. The minimum absolute atomic E-state index is 0.199. The lowest BCUT2D eigenvalue weighted by Gasteiger charge is -2.33. The van der Waals surface area contributed by atoms with Gasteiger partial charge in [0.1, 0.15) is 5.82 Å². The van der Waals surface area contributed by atoms with Crippen LogP contribution in [-0.2, 0) is 16.6 Å². The average Bonchev–Trinajstić information content (AvgIpc) is 3.01. The normalized spacial score (nSPS) is 24.0. The lowest BCUT2D eigenvalue weighted by Crippen LogP contribution is -2.47. The van der Waals surface area contributed by atoms with Crippen LogP contribution in [-0.4, -0.2) is 60.5 Å². The first kappa shape index (κ1) is 15.8. The zero-order chi connectivity index (χ0) is 15.6. The largest absolute Gasteiger partial charge is 0.370 e. The summed E-state index contributed by atoms with van der Waals surface area (Å²) in [5.74, 6) is 1.81. The monoisotopic (exact) mass is 327 g/mol. The van der Waals surface area contributed by atoms with Crippen LogP contribution in [0.25, 0.3) is 0 Å². The number of nitrogens with zero attached hydrogens (tertiary/aromatic N) is 3. The van der Waals surface area contributed by atoms with Crippen LogP contribution in [0.4, 0.5) is 5.82 Å². The number of rotatable bonds is 5. The van der Waals surface area contributed by atoms with Crippen LogP contribution in [0, 0.1) is 5.92 Å². The fraction of sp³-hybridized carbons (Fsp3) is 0.786. The molecule has 1 aromatic rings. The lowest BCUT2D eigenvalue weighted by molar-refractivity contribution is 0.274. The molecule has 1 saturated heterocycles. The second-order valence-corrected chi connectivity index (χ2v) is 8.39. The minimum Gasteiger partial charge on any atom is -0.370 e. The van der Waals surface area contributed by atoms with Crippen molar-refractivity contribution in [3.8, 4) is 0 Å². The Hall–Kier alpha value is -1.12. The first-order valence-electron chi connectivity index (χ1n) is 8.05. The molecule has 0 unspecified atom stereocenters. The molecule has 1 aromatic heterocycles.